The normalized spacial score (nSPS) is 11.6. The van der Waals surface area contributed by atoms with Crippen LogP contribution in [0.25, 0.3) is 0 Å². The lowest BCUT2D eigenvalue weighted by Gasteiger charge is -2.30. The van der Waals surface area contributed by atoms with E-state index in [4.69, 9.17) is 10.5 Å². The summed E-state index contributed by atoms with van der Waals surface area (Å²) >= 11 is 0. The molecule has 108 valence electrons. The maximum Gasteiger partial charge on any atom is 0.123 e. The second-order valence-electron chi connectivity index (χ2n) is 5.32. The Morgan fingerprint density at radius 2 is 1.84 bits per heavy atom. The predicted molar refractivity (Wildman–Crippen MR) is 78.0 cm³/mol. The van der Waals surface area contributed by atoms with Crippen molar-refractivity contribution in [2.75, 3.05) is 31.6 Å². The monoisotopic (exact) mass is 268 g/mol. The summed E-state index contributed by atoms with van der Waals surface area (Å²) in [7, 11) is 1.72. The van der Waals surface area contributed by atoms with E-state index in [-0.39, 0.29) is 11.4 Å². The topological polar surface area (TPSA) is 38.5 Å². The van der Waals surface area contributed by atoms with Crippen LogP contribution in [0, 0.1) is 5.82 Å². The highest BCUT2D eigenvalue weighted by Gasteiger charge is 2.18. The van der Waals surface area contributed by atoms with Crippen LogP contribution in [-0.2, 0) is 4.74 Å². The minimum Gasteiger partial charge on any atom is -0.379 e. The van der Waals surface area contributed by atoms with Crippen molar-refractivity contribution in [2.24, 2.45) is 5.73 Å². The number of hydrogen-bond donors (Lipinski definition) is 1. The molecule has 1 aromatic rings. The van der Waals surface area contributed by atoms with Gasteiger partial charge in [-0.25, -0.2) is 4.39 Å². The summed E-state index contributed by atoms with van der Waals surface area (Å²) in [6, 6.07) is 6.61. The molecule has 0 bridgehead atoms. The van der Waals surface area contributed by atoms with Crippen molar-refractivity contribution in [3.05, 3.63) is 30.1 Å². The van der Waals surface area contributed by atoms with Gasteiger partial charge in [0.1, 0.15) is 5.82 Å². The lowest BCUT2D eigenvalue weighted by Crippen LogP contribution is -2.33. The van der Waals surface area contributed by atoms with Crippen LogP contribution in [0.3, 0.4) is 0 Å². The first-order chi connectivity index (χ1) is 8.98. The Kier molecular flexibility index (Phi) is 6.25. The van der Waals surface area contributed by atoms with Crippen molar-refractivity contribution in [1.29, 1.82) is 0 Å². The van der Waals surface area contributed by atoms with Gasteiger partial charge in [-0.1, -0.05) is 0 Å². The highest BCUT2D eigenvalue weighted by molar-refractivity contribution is 5.46. The third-order valence-electron chi connectivity index (χ3n) is 3.36. The molecule has 0 aromatic heterocycles. The second-order valence-corrected chi connectivity index (χ2v) is 5.32. The molecule has 0 unspecified atom stereocenters. The van der Waals surface area contributed by atoms with Gasteiger partial charge in [-0.15, -0.1) is 0 Å². The number of methoxy groups -OCH3 is 1. The van der Waals surface area contributed by atoms with Crippen molar-refractivity contribution in [3.63, 3.8) is 0 Å². The molecule has 0 saturated carbocycles. The van der Waals surface area contributed by atoms with E-state index in [1.165, 1.54) is 12.1 Å². The number of nitrogens with zero attached hydrogens (tertiary/aromatic N) is 1. The quantitative estimate of drug-likeness (QED) is 0.788. The largest absolute Gasteiger partial charge is 0.379 e. The Balaban J connectivity index is 2.68. The standard InChI is InChI=1S/C15H25FN2O/c1-15(2,19-3)9-12-18(11-4-10-17)14-7-5-13(16)6-8-14/h5-8H,4,9-12,17H2,1-3H3. The molecule has 4 heteroatoms. The lowest BCUT2D eigenvalue weighted by atomic mass is 10.0. The van der Waals surface area contributed by atoms with Crippen molar-refractivity contribution in [3.8, 4) is 0 Å². The molecule has 0 aliphatic carbocycles. The Morgan fingerprint density at radius 3 is 2.37 bits per heavy atom. The van der Waals surface area contributed by atoms with Gasteiger partial charge >= 0.3 is 0 Å². The zero-order chi connectivity index (χ0) is 14.3. The molecule has 1 rings (SSSR count). The minimum atomic E-state index is -0.209. The van der Waals surface area contributed by atoms with Gasteiger partial charge in [0.25, 0.3) is 0 Å². The molecule has 0 heterocycles. The van der Waals surface area contributed by atoms with E-state index in [0.717, 1.165) is 31.6 Å². The van der Waals surface area contributed by atoms with Crippen LogP contribution in [-0.4, -0.2) is 32.3 Å². The van der Waals surface area contributed by atoms with Crippen LogP contribution in [0.2, 0.25) is 0 Å². The lowest BCUT2D eigenvalue weighted by molar-refractivity contribution is 0.0172. The molecule has 0 aliphatic heterocycles. The molecule has 0 amide bonds. The fourth-order valence-electron chi connectivity index (χ4n) is 1.81. The zero-order valence-electron chi connectivity index (χ0n) is 12.2. The third-order valence-corrected chi connectivity index (χ3v) is 3.36. The maximum absolute atomic E-state index is 13.0. The number of benzene rings is 1. The summed E-state index contributed by atoms with van der Waals surface area (Å²) in [5, 5.41) is 0. The van der Waals surface area contributed by atoms with E-state index in [0.29, 0.717) is 6.54 Å². The summed E-state index contributed by atoms with van der Waals surface area (Å²) in [5.41, 5.74) is 6.45. The van der Waals surface area contributed by atoms with E-state index in [1.807, 2.05) is 12.1 Å². The molecule has 0 saturated heterocycles. The molecule has 0 atom stereocenters. The predicted octanol–water partition coefficient (Wildman–Crippen LogP) is 2.80. The van der Waals surface area contributed by atoms with Crippen LogP contribution in [0.4, 0.5) is 10.1 Å². The van der Waals surface area contributed by atoms with E-state index in [2.05, 4.69) is 18.7 Å². The fourth-order valence-corrected chi connectivity index (χ4v) is 1.81. The number of hydrogen-bond acceptors (Lipinski definition) is 3. The summed E-state index contributed by atoms with van der Waals surface area (Å²) in [6.07, 6.45) is 1.83. The van der Waals surface area contributed by atoms with Gasteiger partial charge < -0.3 is 15.4 Å². The minimum absolute atomic E-state index is 0.152. The van der Waals surface area contributed by atoms with E-state index in [1.54, 1.807) is 7.11 Å². The molecule has 3 nitrogen and oxygen atoms in total. The van der Waals surface area contributed by atoms with E-state index >= 15 is 0 Å². The van der Waals surface area contributed by atoms with Gasteiger partial charge in [0.2, 0.25) is 0 Å². The highest BCUT2D eigenvalue weighted by Crippen LogP contribution is 2.19. The first-order valence-corrected chi connectivity index (χ1v) is 6.74. The summed E-state index contributed by atoms with van der Waals surface area (Å²) in [6.45, 7) is 6.54. The molecule has 2 N–H and O–H groups in total. The molecule has 0 aliphatic rings. The molecule has 0 spiro atoms. The SMILES string of the molecule is COC(C)(C)CCN(CCCN)c1ccc(F)cc1. The maximum atomic E-state index is 13.0. The van der Waals surface area contributed by atoms with Gasteiger partial charge in [-0.2, -0.15) is 0 Å². The van der Waals surface area contributed by atoms with Crippen LogP contribution < -0.4 is 10.6 Å². The Morgan fingerprint density at radius 1 is 1.21 bits per heavy atom. The molecular weight excluding hydrogens is 243 g/mol. The molecule has 0 fully saturated rings. The first-order valence-electron chi connectivity index (χ1n) is 6.74. The Bertz CT molecular complexity index is 365. The number of halogens is 1. The van der Waals surface area contributed by atoms with Crippen LogP contribution in [0.15, 0.2) is 24.3 Å². The first kappa shape index (κ1) is 15.9. The van der Waals surface area contributed by atoms with Crippen molar-refractivity contribution < 1.29 is 9.13 Å². The summed E-state index contributed by atoms with van der Waals surface area (Å²) in [4.78, 5) is 2.23. The highest BCUT2D eigenvalue weighted by atomic mass is 19.1. The second kappa shape index (κ2) is 7.46. The Labute approximate surface area is 115 Å². The van der Waals surface area contributed by atoms with E-state index < -0.39 is 0 Å². The number of ether oxygens (including phenoxy) is 1. The molecular formula is C15H25FN2O. The van der Waals surface area contributed by atoms with Gasteiger partial charge in [0, 0.05) is 25.9 Å². The molecule has 0 radical (unpaired) electrons. The van der Waals surface area contributed by atoms with Crippen LogP contribution >= 0.6 is 0 Å². The van der Waals surface area contributed by atoms with E-state index in [9.17, 15) is 4.39 Å². The molecule has 1 aromatic carbocycles. The smallest absolute Gasteiger partial charge is 0.123 e. The third kappa shape index (κ3) is 5.57. The van der Waals surface area contributed by atoms with Crippen molar-refractivity contribution >= 4 is 5.69 Å². The molecule has 19 heavy (non-hydrogen) atoms. The fraction of sp³-hybridized carbons (Fsp3) is 0.600. The average molecular weight is 268 g/mol. The van der Waals surface area contributed by atoms with Crippen molar-refractivity contribution in [2.45, 2.75) is 32.3 Å². The van der Waals surface area contributed by atoms with Gasteiger partial charge in [0.15, 0.2) is 0 Å². The summed E-state index contributed by atoms with van der Waals surface area (Å²) < 4.78 is 18.4. The van der Waals surface area contributed by atoms with Gasteiger partial charge in [0.05, 0.1) is 5.60 Å². The summed E-state index contributed by atoms with van der Waals surface area (Å²) in [5.74, 6) is -0.209. The average Bonchev–Trinajstić information content (AvgIpc) is 2.40. The number of anilines is 1. The van der Waals surface area contributed by atoms with Crippen LogP contribution in [0.5, 0.6) is 0 Å². The van der Waals surface area contributed by atoms with Gasteiger partial charge in [-0.05, 0) is 57.5 Å². The van der Waals surface area contributed by atoms with Gasteiger partial charge in [-0.3, -0.25) is 0 Å². The number of nitrogens with two attached hydrogens (primary N) is 1. The van der Waals surface area contributed by atoms with Crippen LogP contribution in [0.1, 0.15) is 26.7 Å². The Hall–Kier alpha value is -1.13. The van der Waals surface area contributed by atoms with Crippen molar-refractivity contribution in [1.82, 2.24) is 0 Å². The number of rotatable bonds is 8. The zero-order valence-corrected chi connectivity index (χ0v) is 12.2.